The van der Waals surface area contributed by atoms with E-state index in [2.05, 4.69) is 11.5 Å². The third kappa shape index (κ3) is 5.90. The Morgan fingerprint density at radius 3 is 2.55 bits per heavy atom. The first kappa shape index (κ1) is 23.2. The molecule has 2 aromatic carbocycles. The van der Waals surface area contributed by atoms with Gasteiger partial charge in [-0.2, -0.15) is 5.10 Å². The Labute approximate surface area is 196 Å². The van der Waals surface area contributed by atoms with Gasteiger partial charge in [0.2, 0.25) is 5.88 Å². The highest BCUT2D eigenvalue weighted by Gasteiger charge is 2.28. The largest absolute Gasteiger partial charge is 0.439 e. The van der Waals surface area contributed by atoms with Crippen molar-refractivity contribution in [2.75, 3.05) is 19.7 Å². The Hall–Kier alpha value is -2.93. The second-order valence-electron chi connectivity index (χ2n) is 8.90. The SMILES string of the molecule is C=C[C@](C)(O)CN(Cc1c(C)nn(-c2ccccc2)c1Oc1ccccc1)C[C@H]1CCCO1. The van der Waals surface area contributed by atoms with Crippen LogP contribution in [0.25, 0.3) is 5.69 Å². The molecule has 33 heavy (non-hydrogen) atoms. The van der Waals surface area contributed by atoms with Gasteiger partial charge < -0.3 is 14.6 Å². The number of aliphatic hydroxyl groups is 1. The number of hydrogen-bond acceptors (Lipinski definition) is 5. The van der Waals surface area contributed by atoms with E-state index in [1.165, 1.54) is 0 Å². The number of hydrogen-bond donors (Lipinski definition) is 1. The summed E-state index contributed by atoms with van der Waals surface area (Å²) in [4.78, 5) is 2.22. The average molecular weight is 448 g/mol. The summed E-state index contributed by atoms with van der Waals surface area (Å²) < 4.78 is 14.2. The predicted molar refractivity (Wildman–Crippen MR) is 130 cm³/mol. The van der Waals surface area contributed by atoms with E-state index in [9.17, 15) is 5.11 Å². The molecule has 1 N–H and O–H groups in total. The minimum Gasteiger partial charge on any atom is -0.439 e. The smallest absolute Gasteiger partial charge is 0.227 e. The Bertz CT molecular complexity index is 1040. The fraction of sp³-hybridized carbons (Fsp3) is 0.370. The van der Waals surface area contributed by atoms with E-state index in [1.807, 2.05) is 72.3 Å². The molecule has 1 aliphatic rings. The van der Waals surface area contributed by atoms with Crippen LogP contribution in [0.3, 0.4) is 0 Å². The van der Waals surface area contributed by atoms with E-state index in [1.54, 1.807) is 13.0 Å². The van der Waals surface area contributed by atoms with Gasteiger partial charge in [0.25, 0.3) is 0 Å². The van der Waals surface area contributed by atoms with Crippen molar-refractivity contribution < 1.29 is 14.6 Å². The number of ether oxygens (including phenoxy) is 2. The maximum absolute atomic E-state index is 10.7. The van der Waals surface area contributed by atoms with E-state index in [0.29, 0.717) is 19.0 Å². The highest BCUT2D eigenvalue weighted by atomic mass is 16.5. The maximum Gasteiger partial charge on any atom is 0.227 e. The number of para-hydroxylation sites is 2. The summed E-state index contributed by atoms with van der Waals surface area (Å²) in [5.41, 5.74) is 1.80. The Balaban J connectivity index is 1.70. The molecule has 4 rings (SSSR count). The Morgan fingerprint density at radius 1 is 1.21 bits per heavy atom. The van der Waals surface area contributed by atoms with Crippen LogP contribution in [-0.4, -0.2) is 51.2 Å². The summed E-state index contributed by atoms with van der Waals surface area (Å²) >= 11 is 0. The van der Waals surface area contributed by atoms with Crippen molar-refractivity contribution in [1.29, 1.82) is 0 Å². The van der Waals surface area contributed by atoms with Crippen molar-refractivity contribution in [3.63, 3.8) is 0 Å². The monoisotopic (exact) mass is 447 g/mol. The van der Waals surface area contributed by atoms with Crippen LogP contribution in [0.15, 0.2) is 73.3 Å². The number of benzene rings is 2. The first-order valence-corrected chi connectivity index (χ1v) is 11.5. The van der Waals surface area contributed by atoms with E-state index in [0.717, 1.165) is 48.7 Å². The lowest BCUT2D eigenvalue weighted by atomic mass is 10.1. The normalized spacial score (nSPS) is 17.8. The van der Waals surface area contributed by atoms with Gasteiger partial charge in [0.15, 0.2) is 0 Å². The Kier molecular flexibility index (Phi) is 7.28. The highest BCUT2D eigenvalue weighted by Crippen LogP contribution is 2.32. The molecule has 0 saturated carbocycles. The minimum absolute atomic E-state index is 0.161. The molecular weight excluding hydrogens is 414 g/mol. The molecule has 0 unspecified atom stereocenters. The van der Waals surface area contributed by atoms with E-state index < -0.39 is 5.60 Å². The molecule has 1 aromatic heterocycles. The van der Waals surface area contributed by atoms with Crippen LogP contribution >= 0.6 is 0 Å². The molecule has 1 fully saturated rings. The second-order valence-corrected chi connectivity index (χ2v) is 8.90. The quantitative estimate of drug-likeness (QED) is 0.449. The van der Waals surface area contributed by atoms with Crippen molar-refractivity contribution >= 4 is 0 Å². The molecule has 0 bridgehead atoms. The molecule has 0 amide bonds. The van der Waals surface area contributed by atoms with Gasteiger partial charge in [-0.3, -0.25) is 4.90 Å². The molecule has 2 heterocycles. The predicted octanol–water partition coefficient (Wildman–Crippen LogP) is 4.89. The summed E-state index contributed by atoms with van der Waals surface area (Å²) in [5, 5.41) is 15.6. The van der Waals surface area contributed by atoms with Gasteiger partial charge in [-0.15, -0.1) is 6.58 Å². The molecule has 6 nitrogen and oxygen atoms in total. The van der Waals surface area contributed by atoms with Crippen LogP contribution in [0, 0.1) is 6.92 Å². The zero-order valence-corrected chi connectivity index (χ0v) is 19.5. The van der Waals surface area contributed by atoms with Crippen LogP contribution in [0.1, 0.15) is 31.0 Å². The zero-order chi connectivity index (χ0) is 23.3. The summed E-state index contributed by atoms with van der Waals surface area (Å²) in [7, 11) is 0. The first-order chi connectivity index (χ1) is 15.9. The number of aryl methyl sites for hydroxylation is 1. The molecule has 1 aliphatic heterocycles. The van der Waals surface area contributed by atoms with Gasteiger partial charge in [0.05, 0.1) is 28.6 Å². The molecule has 0 aliphatic carbocycles. The van der Waals surface area contributed by atoms with Crippen LogP contribution in [0.5, 0.6) is 11.6 Å². The van der Waals surface area contributed by atoms with Gasteiger partial charge in [-0.25, -0.2) is 4.68 Å². The van der Waals surface area contributed by atoms with Gasteiger partial charge in [-0.05, 0) is 51.0 Å². The minimum atomic E-state index is -1.01. The van der Waals surface area contributed by atoms with Gasteiger partial charge >= 0.3 is 0 Å². The van der Waals surface area contributed by atoms with Gasteiger partial charge in [-0.1, -0.05) is 42.5 Å². The standard InChI is InChI=1S/C27H33N3O3/c1-4-27(3,31)20-29(18-24-16-11-17-32-24)19-25-21(2)28-30(22-12-7-5-8-13-22)26(25)33-23-14-9-6-10-15-23/h4-10,12-15,24,31H,1,11,16-20H2,2-3H3/t24-,27+/m1/s1. The van der Waals surface area contributed by atoms with Crippen molar-refractivity contribution in [2.45, 2.75) is 44.9 Å². The lowest BCUT2D eigenvalue weighted by Crippen LogP contribution is -2.42. The first-order valence-electron chi connectivity index (χ1n) is 11.5. The maximum atomic E-state index is 10.7. The van der Waals surface area contributed by atoms with Crippen molar-refractivity contribution in [2.24, 2.45) is 0 Å². The number of aromatic nitrogens is 2. The molecule has 6 heteroatoms. The average Bonchev–Trinajstić information content (AvgIpc) is 3.43. The van der Waals surface area contributed by atoms with Gasteiger partial charge in [0.1, 0.15) is 5.75 Å². The topological polar surface area (TPSA) is 59.8 Å². The summed E-state index contributed by atoms with van der Waals surface area (Å²) in [6.07, 6.45) is 3.86. The summed E-state index contributed by atoms with van der Waals surface area (Å²) in [6, 6.07) is 19.7. The van der Waals surface area contributed by atoms with E-state index in [-0.39, 0.29) is 6.10 Å². The molecule has 2 atom stereocenters. The van der Waals surface area contributed by atoms with E-state index in [4.69, 9.17) is 14.6 Å². The number of rotatable bonds is 10. The molecule has 0 spiro atoms. The number of nitrogens with zero attached hydrogens (tertiary/aromatic N) is 3. The van der Waals surface area contributed by atoms with Crippen molar-refractivity contribution in [1.82, 2.24) is 14.7 Å². The lowest BCUT2D eigenvalue weighted by Gasteiger charge is -2.31. The lowest BCUT2D eigenvalue weighted by molar-refractivity contribution is 0.0239. The van der Waals surface area contributed by atoms with Crippen molar-refractivity contribution in [3.05, 3.63) is 84.6 Å². The summed E-state index contributed by atoms with van der Waals surface area (Å²) in [6.45, 7) is 10.1. The fourth-order valence-electron chi connectivity index (χ4n) is 4.17. The molecule has 1 saturated heterocycles. The third-order valence-electron chi connectivity index (χ3n) is 5.95. The van der Waals surface area contributed by atoms with Gasteiger partial charge in [0, 0.05) is 26.2 Å². The molecule has 0 radical (unpaired) electrons. The van der Waals surface area contributed by atoms with Crippen LogP contribution in [-0.2, 0) is 11.3 Å². The molecular formula is C27H33N3O3. The van der Waals surface area contributed by atoms with Crippen molar-refractivity contribution in [3.8, 4) is 17.3 Å². The zero-order valence-electron chi connectivity index (χ0n) is 19.5. The fourth-order valence-corrected chi connectivity index (χ4v) is 4.17. The van der Waals surface area contributed by atoms with Crippen LogP contribution < -0.4 is 4.74 Å². The van der Waals surface area contributed by atoms with Crippen LogP contribution in [0.2, 0.25) is 0 Å². The van der Waals surface area contributed by atoms with E-state index >= 15 is 0 Å². The summed E-state index contributed by atoms with van der Waals surface area (Å²) in [5.74, 6) is 1.43. The molecule has 174 valence electrons. The molecule has 3 aromatic rings. The Morgan fingerprint density at radius 2 is 1.91 bits per heavy atom. The van der Waals surface area contributed by atoms with Crippen LogP contribution in [0.4, 0.5) is 0 Å². The highest BCUT2D eigenvalue weighted by molar-refractivity contribution is 5.43. The third-order valence-corrected chi connectivity index (χ3v) is 5.95. The second kappa shape index (κ2) is 10.3.